The van der Waals surface area contributed by atoms with Crippen LogP contribution >= 0.6 is 23.5 Å². The molecular weight excluding hydrogens is 469 g/mol. The molecule has 0 radical (unpaired) electrons. The second-order valence-electron chi connectivity index (χ2n) is 9.87. The van der Waals surface area contributed by atoms with Crippen LogP contribution in [0.1, 0.15) is 44.9 Å². The molecule has 0 bridgehead atoms. The molecule has 6 rings (SSSR count). The van der Waals surface area contributed by atoms with Gasteiger partial charge in [-0.15, -0.1) is 0 Å². The molecular formula is C24H28ClF3N4S. The van der Waals surface area contributed by atoms with Crippen molar-refractivity contribution in [2.24, 2.45) is 10.8 Å². The van der Waals surface area contributed by atoms with Gasteiger partial charge in [0.25, 0.3) is 0 Å². The zero-order valence-corrected chi connectivity index (χ0v) is 20.0. The van der Waals surface area contributed by atoms with E-state index in [0.29, 0.717) is 23.1 Å². The van der Waals surface area contributed by atoms with Gasteiger partial charge in [0, 0.05) is 32.2 Å². The van der Waals surface area contributed by atoms with Gasteiger partial charge in [0.2, 0.25) is 5.95 Å². The Labute approximate surface area is 201 Å². The van der Waals surface area contributed by atoms with Crippen LogP contribution in [0.15, 0.2) is 29.2 Å². The van der Waals surface area contributed by atoms with Crippen molar-refractivity contribution in [2.75, 3.05) is 35.8 Å². The lowest BCUT2D eigenvalue weighted by Crippen LogP contribution is -2.57. The maximum absolute atomic E-state index is 14.7. The molecule has 2 aliphatic heterocycles. The Morgan fingerprint density at radius 2 is 1.76 bits per heavy atom. The summed E-state index contributed by atoms with van der Waals surface area (Å²) in [6, 6.07) is 5.43. The number of nitrogens with one attached hydrogen (secondary N) is 2. The smallest absolute Gasteiger partial charge is 0.214 e. The minimum Gasteiger partial charge on any atom is -0.370 e. The van der Waals surface area contributed by atoms with E-state index < -0.39 is 17.6 Å². The van der Waals surface area contributed by atoms with Crippen LogP contribution in [0.2, 0.25) is 5.02 Å². The average molecular weight is 497 g/mol. The van der Waals surface area contributed by atoms with Gasteiger partial charge >= 0.3 is 0 Å². The van der Waals surface area contributed by atoms with Crippen LogP contribution in [0, 0.1) is 28.4 Å². The highest BCUT2D eigenvalue weighted by Crippen LogP contribution is 2.50. The number of nitrogens with zero attached hydrogens (tertiary/aromatic N) is 2. The van der Waals surface area contributed by atoms with Gasteiger partial charge in [0.1, 0.15) is 21.6 Å². The van der Waals surface area contributed by atoms with Crippen LogP contribution in [-0.2, 0) is 0 Å². The largest absolute Gasteiger partial charge is 0.370 e. The van der Waals surface area contributed by atoms with E-state index in [2.05, 4.69) is 15.0 Å². The fourth-order valence-corrected chi connectivity index (χ4v) is 6.19. The van der Waals surface area contributed by atoms with Crippen molar-refractivity contribution < 1.29 is 13.2 Å². The summed E-state index contributed by atoms with van der Waals surface area (Å²) < 4.78 is 45.0. The zero-order chi connectivity index (χ0) is 23.1. The SMILES string of the molecule is C1CC2(C1)CNC2.Fc1cccc(NSc2c(F)cc(N3CCC4(CCC4)C3)c(Cl)c2F)n1. The maximum Gasteiger partial charge on any atom is 0.214 e. The summed E-state index contributed by atoms with van der Waals surface area (Å²) in [6.07, 6.45) is 9.09. The Hall–Kier alpha value is -1.64. The average Bonchev–Trinajstić information content (AvgIpc) is 3.15. The summed E-state index contributed by atoms with van der Waals surface area (Å²) in [5, 5.41) is 3.22. The van der Waals surface area contributed by atoms with Gasteiger partial charge < -0.3 is 14.9 Å². The predicted octanol–water partition coefficient (Wildman–Crippen LogP) is 6.41. The molecule has 0 atom stereocenters. The molecule has 1 aromatic carbocycles. The van der Waals surface area contributed by atoms with Gasteiger partial charge in [-0.25, -0.2) is 13.8 Å². The van der Waals surface area contributed by atoms with E-state index in [0.717, 1.165) is 24.9 Å². The predicted molar refractivity (Wildman–Crippen MR) is 127 cm³/mol. The van der Waals surface area contributed by atoms with Crippen LogP contribution in [0.4, 0.5) is 24.7 Å². The Morgan fingerprint density at radius 1 is 1.03 bits per heavy atom. The maximum atomic E-state index is 14.7. The normalized spacial score (nSPS) is 21.6. The lowest BCUT2D eigenvalue weighted by Gasteiger charge is -2.49. The van der Waals surface area contributed by atoms with Gasteiger partial charge in [-0.1, -0.05) is 30.5 Å². The van der Waals surface area contributed by atoms with Crippen LogP contribution in [-0.4, -0.2) is 31.2 Å². The van der Waals surface area contributed by atoms with Crippen LogP contribution in [0.3, 0.4) is 0 Å². The number of hydrogen-bond acceptors (Lipinski definition) is 5. The molecule has 2 aliphatic carbocycles. The van der Waals surface area contributed by atoms with Crippen molar-refractivity contribution in [3.8, 4) is 0 Å². The second kappa shape index (κ2) is 9.19. The molecule has 0 unspecified atom stereocenters. The molecule has 4 nitrogen and oxygen atoms in total. The van der Waals surface area contributed by atoms with Gasteiger partial charge in [-0.05, 0) is 67.0 Å². The number of pyridine rings is 1. The topological polar surface area (TPSA) is 40.2 Å². The highest BCUT2D eigenvalue weighted by molar-refractivity contribution is 8.00. The first-order valence-corrected chi connectivity index (χ1v) is 12.8. The van der Waals surface area contributed by atoms with Crippen molar-refractivity contribution in [1.82, 2.24) is 10.3 Å². The molecule has 2 saturated heterocycles. The van der Waals surface area contributed by atoms with Crippen LogP contribution < -0.4 is 14.9 Å². The van der Waals surface area contributed by atoms with Gasteiger partial charge in [0.05, 0.1) is 5.69 Å². The third-order valence-corrected chi connectivity index (χ3v) is 8.93. The number of benzene rings is 1. The quantitative estimate of drug-likeness (QED) is 0.291. The highest BCUT2D eigenvalue weighted by atomic mass is 35.5. The van der Waals surface area contributed by atoms with Crippen molar-refractivity contribution >= 4 is 35.1 Å². The second-order valence-corrected chi connectivity index (χ2v) is 11.1. The standard InChI is InChI=1S/C18H17ClF3N3S.C6H11N/c19-15-12(25-8-7-18(10-25)5-2-6-18)9-11(20)17(16(15)22)26-24-14-4-1-3-13(21)23-14;1-2-6(3-1)4-7-5-6/h1,3-4,9H,2,5-8,10H2,(H,23,24);7H,1-5H2. The number of hydrogen-bond donors (Lipinski definition) is 2. The lowest BCUT2D eigenvalue weighted by atomic mass is 9.65. The van der Waals surface area contributed by atoms with Crippen molar-refractivity contribution in [3.63, 3.8) is 0 Å². The van der Waals surface area contributed by atoms with E-state index in [9.17, 15) is 13.2 Å². The number of aromatic nitrogens is 1. The monoisotopic (exact) mass is 496 g/mol. The van der Waals surface area contributed by atoms with E-state index in [1.807, 2.05) is 4.90 Å². The minimum atomic E-state index is -0.815. The van der Waals surface area contributed by atoms with Crippen molar-refractivity contribution in [1.29, 1.82) is 0 Å². The molecule has 2 aromatic rings. The summed E-state index contributed by atoms with van der Waals surface area (Å²) in [4.78, 5) is 5.31. The minimum absolute atomic E-state index is 0.0840. The summed E-state index contributed by atoms with van der Waals surface area (Å²) >= 11 is 6.90. The summed E-state index contributed by atoms with van der Waals surface area (Å²) in [5.41, 5.74) is 1.53. The Bertz CT molecular complexity index is 1010. The third kappa shape index (κ3) is 4.66. The molecule has 178 valence electrons. The van der Waals surface area contributed by atoms with E-state index in [4.69, 9.17) is 11.6 Å². The summed E-state index contributed by atoms with van der Waals surface area (Å²) in [6.45, 7) is 4.18. The first-order valence-electron chi connectivity index (χ1n) is 11.6. The van der Waals surface area contributed by atoms with Gasteiger partial charge in [-0.3, -0.25) is 0 Å². The third-order valence-electron chi connectivity index (χ3n) is 7.68. The summed E-state index contributed by atoms with van der Waals surface area (Å²) in [7, 11) is 0. The van der Waals surface area contributed by atoms with Gasteiger partial charge in [0.15, 0.2) is 5.82 Å². The van der Waals surface area contributed by atoms with Crippen molar-refractivity contribution in [3.05, 3.63) is 46.9 Å². The lowest BCUT2D eigenvalue weighted by molar-refractivity contribution is 0.0603. The van der Waals surface area contributed by atoms with Crippen molar-refractivity contribution in [2.45, 2.75) is 49.8 Å². The molecule has 9 heteroatoms. The van der Waals surface area contributed by atoms with Crippen LogP contribution in [0.25, 0.3) is 0 Å². The van der Waals surface area contributed by atoms with E-state index >= 15 is 0 Å². The molecule has 2 spiro atoms. The highest BCUT2D eigenvalue weighted by Gasteiger charge is 2.43. The number of rotatable bonds is 4. The fourth-order valence-electron chi connectivity index (χ4n) is 5.19. The Morgan fingerprint density at radius 3 is 2.27 bits per heavy atom. The molecule has 0 amide bonds. The first-order chi connectivity index (χ1) is 15.9. The van der Waals surface area contributed by atoms with E-state index in [-0.39, 0.29) is 15.7 Å². The molecule has 3 heterocycles. The number of halogens is 4. The van der Waals surface area contributed by atoms with E-state index in [1.54, 1.807) is 0 Å². The molecule has 4 fully saturated rings. The summed E-state index contributed by atoms with van der Waals surface area (Å²) in [5.74, 6) is -2.03. The molecule has 2 N–H and O–H groups in total. The first kappa shape index (κ1) is 23.1. The van der Waals surface area contributed by atoms with Gasteiger partial charge in [-0.2, -0.15) is 4.39 Å². The van der Waals surface area contributed by atoms with Crippen LogP contribution in [0.5, 0.6) is 0 Å². The number of anilines is 2. The fraction of sp³-hybridized carbons (Fsp3) is 0.542. The Kier molecular flexibility index (Phi) is 6.44. The molecule has 2 saturated carbocycles. The Balaban J connectivity index is 0.000000274. The molecule has 1 aromatic heterocycles. The molecule has 33 heavy (non-hydrogen) atoms. The zero-order valence-electron chi connectivity index (χ0n) is 18.4. The van der Waals surface area contributed by atoms with E-state index in [1.165, 1.54) is 75.9 Å². The molecule has 4 aliphatic rings.